The zero-order valence-corrected chi connectivity index (χ0v) is 49.6. The molecule has 0 heterocycles. The maximum absolute atomic E-state index is 12.9. The summed E-state index contributed by atoms with van der Waals surface area (Å²) < 4.78 is 16.9. The van der Waals surface area contributed by atoms with Gasteiger partial charge in [-0.25, -0.2) is 0 Å². The van der Waals surface area contributed by atoms with Gasteiger partial charge in [0.25, 0.3) is 0 Å². The zero-order chi connectivity index (χ0) is 54.3. The Bertz CT molecular complexity index is 1430. The average molecular weight is 1050 g/mol. The summed E-state index contributed by atoms with van der Waals surface area (Å²) in [5.41, 5.74) is 0. The number of allylic oxidation sites excluding steroid dienone is 14. The minimum absolute atomic E-state index is 0.0828. The van der Waals surface area contributed by atoms with Gasteiger partial charge in [-0.1, -0.05) is 266 Å². The lowest BCUT2D eigenvalue weighted by Crippen LogP contribution is -2.30. The zero-order valence-electron chi connectivity index (χ0n) is 49.6. The molecule has 0 spiro atoms. The predicted octanol–water partition coefficient (Wildman–Crippen LogP) is 21.9. The quantitative estimate of drug-likeness (QED) is 0.0261. The van der Waals surface area contributed by atoms with E-state index in [2.05, 4.69) is 106 Å². The molecule has 0 rings (SSSR count). The molecular formula is C69H120O6. The second-order valence-corrected chi connectivity index (χ2v) is 21.3. The van der Waals surface area contributed by atoms with Crippen molar-refractivity contribution >= 4 is 17.9 Å². The first-order chi connectivity index (χ1) is 37.0. The summed E-state index contributed by atoms with van der Waals surface area (Å²) in [5.74, 6) is -0.889. The summed E-state index contributed by atoms with van der Waals surface area (Å²) in [5, 5.41) is 0. The fraction of sp³-hybridized carbons (Fsp3) is 0.754. The number of hydrogen-bond donors (Lipinski definition) is 0. The molecule has 0 aromatic heterocycles. The van der Waals surface area contributed by atoms with E-state index < -0.39 is 6.10 Å². The van der Waals surface area contributed by atoms with Crippen LogP contribution in [0.25, 0.3) is 0 Å². The van der Waals surface area contributed by atoms with E-state index in [0.717, 1.165) is 103 Å². The van der Waals surface area contributed by atoms with Crippen LogP contribution in [0.3, 0.4) is 0 Å². The molecule has 1 atom stereocenters. The van der Waals surface area contributed by atoms with Crippen molar-refractivity contribution in [3.05, 3.63) is 85.1 Å². The normalized spacial score (nSPS) is 12.6. The van der Waals surface area contributed by atoms with E-state index in [1.54, 1.807) is 0 Å². The minimum Gasteiger partial charge on any atom is -0.462 e. The second kappa shape index (κ2) is 63.1. The highest BCUT2D eigenvalue weighted by Gasteiger charge is 2.19. The Balaban J connectivity index is 4.35. The van der Waals surface area contributed by atoms with E-state index in [9.17, 15) is 14.4 Å². The van der Waals surface area contributed by atoms with Crippen molar-refractivity contribution in [2.24, 2.45) is 0 Å². The van der Waals surface area contributed by atoms with Gasteiger partial charge in [0.15, 0.2) is 6.10 Å². The number of esters is 3. The van der Waals surface area contributed by atoms with Crippen LogP contribution < -0.4 is 0 Å². The van der Waals surface area contributed by atoms with Gasteiger partial charge in [-0.3, -0.25) is 14.4 Å². The third-order valence-corrected chi connectivity index (χ3v) is 13.9. The van der Waals surface area contributed by atoms with Gasteiger partial charge >= 0.3 is 17.9 Å². The molecule has 0 bridgehead atoms. The predicted molar refractivity (Wildman–Crippen MR) is 325 cm³/mol. The first-order valence-electron chi connectivity index (χ1n) is 32.1. The molecule has 1 unspecified atom stereocenters. The second-order valence-electron chi connectivity index (χ2n) is 21.3. The van der Waals surface area contributed by atoms with Crippen LogP contribution in [0.1, 0.15) is 316 Å². The Morgan fingerprint density at radius 1 is 0.280 bits per heavy atom. The molecule has 0 aromatic carbocycles. The van der Waals surface area contributed by atoms with Gasteiger partial charge in [-0.15, -0.1) is 0 Å². The van der Waals surface area contributed by atoms with Crippen LogP contribution in [0.15, 0.2) is 85.1 Å². The Kier molecular flexibility index (Phi) is 60.3. The molecule has 0 radical (unpaired) electrons. The Morgan fingerprint density at radius 2 is 0.520 bits per heavy atom. The van der Waals surface area contributed by atoms with Crippen LogP contribution in [-0.4, -0.2) is 37.2 Å². The number of carbonyl (C=O) groups is 3. The molecule has 0 saturated heterocycles. The summed E-state index contributed by atoms with van der Waals surface area (Å²) in [6.07, 6.45) is 83.0. The maximum atomic E-state index is 12.9. The van der Waals surface area contributed by atoms with Crippen molar-refractivity contribution in [1.29, 1.82) is 0 Å². The van der Waals surface area contributed by atoms with Gasteiger partial charge < -0.3 is 14.2 Å². The molecule has 0 saturated carbocycles. The Hall–Kier alpha value is -3.41. The largest absolute Gasteiger partial charge is 0.462 e. The first-order valence-corrected chi connectivity index (χ1v) is 32.1. The van der Waals surface area contributed by atoms with E-state index in [1.165, 1.54) is 173 Å². The number of hydrogen-bond acceptors (Lipinski definition) is 6. The number of carbonyl (C=O) groups excluding carboxylic acids is 3. The SMILES string of the molecule is CC/C=C\C/C=C\C/C=C\C/C=C\C/C=C\CCCCCCCCCCCC(=O)OCC(COC(=O)CCCCCCC/C=C\CCCCCCC)OC(=O)CCCCCCCCC/C=C\CCCCCCCCC. The molecule has 0 aliphatic rings. The lowest BCUT2D eigenvalue weighted by molar-refractivity contribution is -0.167. The van der Waals surface area contributed by atoms with Crippen molar-refractivity contribution in [2.45, 2.75) is 322 Å². The van der Waals surface area contributed by atoms with Crippen molar-refractivity contribution in [2.75, 3.05) is 13.2 Å². The topological polar surface area (TPSA) is 78.9 Å². The maximum Gasteiger partial charge on any atom is 0.306 e. The molecule has 0 amide bonds. The number of unbranched alkanes of at least 4 members (excludes halogenated alkanes) is 33. The minimum atomic E-state index is -0.786. The van der Waals surface area contributed by atoms with Gasteiger partial charge in [-0.05, 0) is 116 Å². The van der Waals surface area contributed by atoms with Crippen molar-refractivity contribution in [3.8, 4) is 0 Å². The molecule has 432 valence electrons. The standard InChI is InChI=1S/C69H120O6/c1-4-7-10-13-16-19-22-25-28-30-32-33-34-35-36-37-38-40-41-44-47-50-53-56-59-62-68(71)74-65-66(64-73-67(70)61-58-55-52-49-46-43-27-24-21-18-15-12-9-6-3)75-69(72)63-60-57-54-51-48-45-42-39-31-29-26-23-20-17-14-11-8-5-2/h7,10,16,19,24-25,27-29,31-33,35-36,66H,4-6,8-9,11-15,17-18,20-23,26,30,34,37-65H2,1-3H3/b10-7-,19-16-,27-24-,28-25-,31-29-,33-32-,36-35-. The van der Waals surface area contributed by atoms with Gasteiger partial charge in [0.1, 0.15) is 13.2 Å². The smallest absolute Gasteiger partial charge is 0.306 e. The van der Waals surface area contributed by atoms with Crippen LogP contribution in [0.2, 0.25) is 0 Å². The van der Waals surface area contributed by atoms with E-state index >= 15 is 0 Å². The van der Waals surface area contributed by atoms with Gasteiger partial charge in [0, 0.05) is 19.3 Å². The number of rotatable bonds is 58. The molecule has 6 heteroatoms. The van der Waals surface area contributed by atoms with E-state index in [1.807, 2.05) is 0 Å². The van der Waals surface area contributed by atoms with Crippen LogP contribution in [0.5, 0.6) is 0 Å². The van der Waals surface area contributed by atoms with E-state index in [-0.39, 0.29) is 31.1 Å². The van der Waals surface area contributed by atoms with Gasteiger partial charge in [0.05, 0.1) is 0 Å². The van der Waals surface area contributed by atoms with Gasteiger partial charge in [0.2, 0.25) is 0 Å². The summed E-state index contributed by atoms with van der Waals surface area (Å²) in [4.78, 5) is 38.3. The third kappa shape index (κ3) is 61.3. The molecule has 0 fully saturated rings. The van der Waals surface area contributed by atoms with E-state index in [0.29, 0.717) is 19.3 Å². The highest BCUT2D eigenvalue weighted by Crippen LogP contribution is 2.16. The molecule has 0 N–H and O–H groups in total. The van der Waals surface area contributed by atoms with Crippen LogP contribution >= 0.6 is 0 Å². The molecular weight excluding hydrogens is 925 g/mol. The summed E-state index contributed by atoms with van der Waals surface area (Å²) in [6.45, 7) is 6.53. The fourth-order valence-electron chi connectivity index (χ4n) is 9.05. The Labute approximate surface area is 465 Å². The summed E-state index contributed by atoms with van der Waals surface area (Å²) >= 11 is 0. The van der Waals surface area contributed by atoms with Gasteiger partial charge in [-0.2, -0.15) is 0 Å². The highest BCUT2D eigenvalue weighted by atomic mass is 16.6. The van der Waals surface area contributed by atoms with Crippen LogP contribution in [0, 0.1) is 0 Å². The molecule has 0 aliphatic carbocycles. The lowest BCUT2D eigenvalue weighted by Gasteiger charge is -2.18. The molecule has 0 aromatic rings. The number of ether oxygens (including phenoxy) is 3. The third-order valence-electron chi connectivity index (χ3n) is 13.9. The van der Waals surface area contributed by atoms with Crippen molar-refractivity contribution < 1.29 is 28.6 Å². The highest BCUT2D eigenvalue weighted by molar-refractivity contribution is 5.71. The van der Waals surface area contributed by atoms with Crippen LogP contribution in [-0.2, 0) is 28.6 Å². The van der Waals surface area contributed by atoms with Crippen molar-refractivity contribution in [1.82, 2.24) is 0 Å². The Morgan fingerprint density at radius 3 is 0.827 bits per heavy atom. The first kappa shape index (κ1) is 71.6. The molecule has 6 nitrogen and oxygen atoms in total. The van der Waals surface area contributed by atoms with Crippen molar-refractivity contribution in [3.63, 3.8) is 0 Å². The average Bonchev–Trinajstić information content (AvgIpc) is 3.41. The van der Waals surface area contributed by atoms with E-state index in [4.69, 9.17) is 14.2 Å². The molecule has 0 aliphatic heterocycles. The summed E-state index contributed by atoms with van der Waals surface area (Å²) in [7, 11) is 0. The summed E-state index contributed by atoms with van der Waals surface area (Å²) in [6, 6.07) is 0. The molecule has 75 heavy (non-hydrogen) atoms. The monoisotopic (exact) mass is 1040 g/mol. The van der Waals surface area contributed by atoms with Crippen LogP contribution in [0.4, 0.5) is 0 Å². The lowest BCUT2D eigenvalue weighted by atomic mass is 10.1. The fourth-order valence-corrected chi connectivity index (χ4v) is 9.05.